The van der Waals surface area contributed by atoms with Gasteiger partial charge in [0.05, 0.1) is 5.69 Å². The number of thiophene rings is 1. The van der Waals surface area contributed by atoms with E-state index in [0.29, 0.717) is 16.9 Å². The van der Waals surface area contributed by atoms with Crippen LogP contribution in [0, 0.1) is 6.92 Å². The zero-order valence-electron chi connectivity index (χ0n) is 8.23. The molecule has 0 aliphatic heterocycles. The normalized spacial score (nSPS) is 10.2. The van der Waals surface area contributed by atoms with E-state index in [9.17, 15) is 4.79 Å². The third-order valence-corrected chi connectivity index (χ3v) is 3.00. The Morgan fingerprint density at radius 3 is 2.87 bits per heavy atom. The molecule has 0 atom stereocenters. The maximum absolute atomic E-state index is 12.0. The number of pyridine rings is 1. The highest BCUT2D eigenvalue weighted by Gasteiger charge is 2.15. The largest absolute Gasteiger partial charge is 0.397 e. The minimum Gasteiger partial charge on any atom is -0.397 e. The molecule has 76 valence electrons. The molecule has 2 heterocycles. The molecule has 0 fully saturated rings. The van der Waals surface area contributed by atoms with Gasteiger partial charge >= 0.3 is 0 Å². The van der Waals surface area contributed by atoms with E-state index in [-0.39, 0.29) is 5.78 Å². The second-order valence-corrected chi connectivity index (χ2v) is 4.28. The number of anilines is 1. The lowest BCUT2D eigenvalue weighted by molar-refractivity contribution is 0.103. The molecule has 0 aliphatic rings. The van der Waals surface area contributed by atoms with Gasteiger partial charge in [-0.2, -0.15) is 0 Å². The average Bonchev–Trinajstić information content (AvgIpc) is 2.64. The first-order valence-electron chi connectivity index (χ1n) is 4.49. The van der Waals surface area contributed by atoms with Gasteiger partial charge in [-0.3, -0.25) is 9.78 Å². The SMILES string of the molecule is Cc1sccc1C(=O)c1ncccc1N. The molecule has 0 unspecified atom stereocenters. The molecular formula is C11H10N2OS. The third kappa shape index (κ3) is 1.76. The molecule has 2 aromatic rings. The summed E-state index contributed by atoms with van der Waals surface area (Å²) < 4.78 is 0. The third-order valence-electron chi connectivity index (χ3n) is 2.16. The molecular weight excluding hydrogens is 208 g/mol. The van der Waals surface area contributed by atoms with E-state index in [1.54, 1.807) is 35.7 Å². The standard InChI is InChI=1S/C11H10N2OS/c1-7-8(4-6-15-7)11(14)10-9(12)3-2-5-13-10/h2-6H,12H2,1H3. The number of rotatable bonds is 2. The van der Waals surface area contributed by atoms with Gasteiger partial charge in [0.25, 0.3) is 0 Å². The average molecular weight is 218 g/mol. The van der Waals surface area contributed by atoms with Crippen molar-refractivity contribution < 1.29 is 4.79 Å². The molecule has 0 radical (unpaired) electrons. The van der Waals surface area contributed by atoms with E-state index in [1.165, 1.54) is 0 Å². The van der Waals surface area contributed by atoms with Gasteiger partial charge in [-0.1, -0.05) is 0 Å². The molecule has 0 spiro atoms. The number of carbonyl (C=O) groups excluding carboxylic acids is 1. The molecule has 2 rings (SSSR count). The summed E-state index contributed by atoms with van der Waals surface area (Å²) in [5.74, 6) is -0.105. The minimum absolute atomic E-state index is 0.105. The van der Waals surface area contributed by atoms with Crippen LogP contribution in [0.4, 0.5) is 5.69 Å². The summed E-state index contributed by atoms with van der Waals surface area (Å²) in [6.07, 6.45) is 1.57. The Morgan fingerprint density at radius 1 is 1.47 bits per heavy atom. The Morgan fingerprint density at radius 2 is 2.27 bits per heavy atom. The number of nitrogens with zero attached hydrogens (tertiary/aromatic N) is 1. The molecule has 0 aliphatic carbocycles. The summed E-state index contributed by atoms with van der Waals surface area (Å²) in [7, 11) is 0. The van der Waals surface area contributed by atoms with Crippen molar-refractivity contribution in [3.8, 4) is 0 Å². The number of aromatic nitrogens is 1. The van der Waals surface area contributed by atoms with Crippen LogP contribution in [0.3, 0.4) is 0 Å². The second-order valence-electron chi connectivity index (χ2n) is 3.16. The van der Waals surface area contributed by atoms with Crippen molar-refractivity contribution >= 4 is 22.8 Å². The second kappa shape index (κ2) is 3.82. The summed E-state index contributed by atoms with van der Waals surface area (Å²) in [5, 5.41) is 1.89. The van der Waals surface area contributed by atoms with Crippen molar-refractivity contribution in [3.63, 3.8) is 0 Å². The number of aryl methyl sites for hydroxylation is 1. The van der Waals surface area contributed by atoms with Crippen LogP contribution in [0.5, 0.6) is 0 Å². The van der Waals surface area contributed by atoms with Crippen molar-refractivity contribution in [2.24, 2.45) is 0 Å². The predicted molar refractivity (Wildman–Crippen MR) is 61.1 cm³/mol. The lowest BCUT2D eigenvalue weighted by Gasteiger charge is -2.02. The van der Waals surface area contributed by atoms with Gasteiger partial charge in [-0.25, -0.2) is 0 Å². The molecule has 0 aromatic carbocycles. The maximum Gasteiger partial charge on any atom is 0.214 e. The van der Waals surface area contributed by atoms with Crippen LogP contribution in [0.25, 0.3) is 0 Å². The van der Waals surface area contributed by atoms with E-state index in [0.717, 1.165) is 4.88 Å². The minimum atomic E-state index is -0.105. The number of hydrogen-bond acceptors (Lipinski definition) is 4. The zero-order valence-corrected chi connectivity index (χ0v) is 9.04. The van der Waals surface area contributed by atoms with Crippen LogP contribution in [0.2, 0.25) is 0 Å². The molecule has 0 amide bonds. The van der Waals surface area contributed by atoms with Crippen molar-refractivity contribution in [2.75, 3.05) is 5.73 Å². The summed E-state index contributed by atoms with van der Waals surface area (Å²) in [6.45, 7) is 1.91. The van der Waals surface area contributed by atoms with Crippen LogP contribution < -0.4 is 5.73 Å². The van der Waals surface area contributed by atoms with Gasteiger partial charge < -0.3 is 5.73 Å². The fraction of sp³-hybridized carbons (Fsp3) is 0.0909. The summed E-state index contributed by atoms with van der Waals surface area (Å²) in [5.41, 5.74) is 7.14. The van der Waals surface area contributed by atoms with E-state index >= 15 is 0 Å². The first-order valence-corrected chi connectivity index (χ1v) is 5.37. The van der Waals surface area contributed by atoms with Crippen LogP contribution >= 0.6 is 11.3 Å². The quantitative estimate of drug-likeness (QED) is 0.787. The Hall–Kier alpha value is -1.68. The van der Waals surface area contributed by atoms with Gasteiger partial charge in [0.2, 0.25) is 5.78 Å². The molecule has 0 saturated heterocycles. The Kier molecular flexibility index (Phi) is 2.51. The van der Waals surface area contributed by atoms with Crippen molar-refractivity contribution in [1.29, 1.82) is 0 Å². The molecule has 0 saturated carbocycles. The lowest BCUT2D eigenvalue weighted by atomic mass is 10.1. The number of nitrogens with two attached hydrogens (primary N) is 1. The monoisotopic (exact) mass is 218 g/mol. The van der Waals surface area contributed by atoms with Crippen molar-refractivity contribution in [3.05, 3.63) is 45.9 Å². The highest BCUT2D eigenvalue weighted by Crippen LogP contribution is 2.20. The highest BCUT2D eigenvalue weighted by molar-refractivity contribution is 7.10. The first kappa shape index (κ1) is 9.86. The first-order chi connectivity index (χ1) is 7.20. The van der Waals surface area contributed by atoms with Crippen molar-refractivity contribution in [1.82, 2.24) is 4.98 Å². The number of hydrogen-bond donors (Lipinski definition) is 1. The fourth-order valence-corrected chi connectivity index (χ4v) is 2.05. The fourth-order valence-electron chi connectivity index (χ4n) is 1.36. The maximum atomic E-state index is 12.0. The topological polar surface area (TPSA) is 56.0 Å². The van der Waals surface area contributed by atoms with E-state index in [4.69, 9.17) is 5.73 Å². The Balaban J connectivity index is 2.46. The molecule has 4 heteroatoms. The Bertz CT molecular complexity index is 505. The molecule has 0 bridgehead atoms. The van der Waals surface area contributed by atoms with Crippen LogP contribution in [0.15, 0.2) is 29.8 Å². The van der Waals surface area contributed by atoms with Crippen LogP contribution in [0.1, 0.15) is 20.9 Å². The van der Waals surface area contributed by atoms with Gasteiger partial charge in [-0.15, -0.1) is 11.3 Å². The number of carbonyl (C=O) groups is 1. The van der Waals surface area contributed by atoms with E-state index in [2.05, 4.69) is 4.98 Å². The molecule has 2 aromatic heterocycles. The van der Waals surface area contributed by atoms with Gasteiger partial charge in [-0.05, 0) is 30.5 Å². The van der Waals surface area contributed by atoms with Gasteiger partial charge in [0.1, 0.15) is 5.69 Å². The highest BCUT2D eigenvalue weighted by atomic mass is 32.1. The van der Waals surface area contributed by atoms with Gasteiger partial charge in [0.15, 0.2) is 0 Å². The summed E-state index contributed by atoms with van der Waals surface area (Å²) in [6, 6.07) is 5.20. The number of ketones is 1. The Labute approximate surface area is 91.6 Å². The summed E-state index contributed by atoms with van der Waals surface area (Å²) in [4.78, 5) is 17.0. The molecule has 2 N–H and O–H groups in total. The lowest BCUT2D eigenvalue weighted by Crippen LogP contribution is -2.07. The zero-order chi connectivity index (χ0) is 10.8. The predicted octanol–water partition coefficient (Wildman–Crippen LogP) is 2.26. The van der Waals surface area contributed by atoms with Crippen LogP contribution in [-0.2, 0) is 0 Å². The molecule has 3 nitrogen and oxygen atoms in total. The molecule has 15 heavy (non-hydrogen) atoms. The van der Waals surface area contributed by atoms with Crippen molar-refractivity contribution in [2.45, 2.75) is 6.92 Å². The van der Waals surface area contributed by atoms with Crippen LogP contribution in [-0.4, -0.2) is 10.8 Å². The number of nitrogen functional groups attached to an aromatic ring is 1. The van der Waals surface area contributed by atoms with E-state index in [1.807, 2.05) is 12.3 Å². The summed E-state index contributed by atoms with van der Waals surface area (Å²) >= 11 is 1.54. The van der Waals surface area contributed by atoms with Gasteiger partial charge in [0, 0.05) is 16.6 Å². The van der Waals surface area contributed by atoms with E-state index < -0.39 is 0 Å². The smallest absolute Gasteiger partial charge is 0.214 e.